The van der Waals surface area contributed by atoms with E-state index in [1.54, 1.807) is 0 Å². The third-order valence-corrected chi connectivity index (χ3v) is 10.6. The zero-order chi connectivity index (χ0) is 30.8. The summed E-state index contributed by atoms with van der Waals surface area (Å²) in [5.41, 5.74) is 15.5. The molecule has 218 valence electrons. The van der Waals surface area contributed by atoms with Crippen molar-refractivity contribution in [3.8, 4) is 33.4 Å². The second-order valence-electron chi connectivity index (χ2n) is 12.0. The molecule has 9 rings (SSSR count). The van der Waals surface area contributed by atoms with Gasteiger partial charge in [-0.1, -0.05) is 141 Å². The molecular formula is C43H27Br2N. The monoisotopic (exact) mass is 715 g/mol. The summed E-state index contributed by atoms with van der Waals surface area (Å²) in [7, 11) is 0. The Morgan fingerprint density at radius 2 is 0.870 bits per heavy atom. The number of anilines is 3. The van der Waals surface area contributed by atoms with Crippen LogP contribution in [0, 0.1) is 0 Å². The Morgan fingerprint density at radius 3 is 1.50 bits per heavy atom. The minimum absolute atomic E-state index is 0.518. The summed E-state index contributed by atoms with van der Waals surface area (Å²) in [6, 6.07) is 59.9. The van der Waals surface area contributed by atoms with Gasteiger partial charge in [0.2, 0.25) is 0 Å². The lowest BCUT2D eigenvalue weighted by Gasteiger charge is -2.45. The van der Waals surface area contributed by atoms with E-state index in [4.69, 9.17) is 0 Å². The highest BCUT2D eigenvalue weighted by Gasteiger charge is 2.52. The molecule has 1 aliphatic heterocycles. The summed E-state index contributed by atoms with van der Waals surface area (Å²) in [5.74, 6) is 0. The van der Waals surface area contributed by atoms with E-state index in [2.05, 4.69) is 201 Å². The molecule has 2 aliphatic rings. The Balaban J connectivity index is 1.37. The van der Waals surface area contributed by atoms with E-state index >= 15 is 0 Å². The molecule has 0 unspecified atom stereocenters. The third kappa shape index (κ3) is 4.05. The van der Waals surface area contributed by atoms with Gasteiger partial charge in [-0.25, -0.2) is 0 Å². The van der Waals surface area contributed by atoms with E-state index in [1.165, 1.54) is 67.0 Å². The molecule has 0 N–H and O–H groups in total. The van der Waals surface area contributed by atoms with Crippen LogP contribution < -0.4 is 4.90 Å². The van der Waals surface area contributed by atoms with Crippen LogP contribution >= 0.6 is 31.9 Å². The number of rotatable bonds is 3. The van der Waals surface area contributed by atoms with Crippen molar-refractivity contribution in [2.75, 3.05) is 4.90 Å². The third-order valence-electron chi connectivity index (χ3n) is 9.59. The summed E-state index contributed by atoms with van der Waals surface area (Å²) in [5, 5.41) is 0. The van der Waals surface area contributed by atoms with Crippen LogP contribution in [0.15, 0.2) is 173 Å². The average molecular weight is 718 g/mol. The summed E-state index contributed by atoms with van der Waals surface area (Å²) in [4.78, 5) is 2.45. The molecular weight excluding hydrogens is 690 g/mol. The number of nitrogens with zero attached hydrogens (tertiary/aromatic N) is 1. The Morgan fingerprint density at radius 1 is 0.370 bits per heavy atom. The van der Waals surface area contributed by atoms with Gasteiger partial charge in [-0.3, -0.25) is 0 Å². The number of para-hydroxylation sites is 1. The van der Waals surface area contributed by atoms with Crippen LogP contribution in [-0.4, -0.2) is 0 Å². The maximum absolute atomic E-state index is 3.86. The fraction of sp³-hybridized carbons (Fsp3) is 0.0233. The SMILES string of the molecule is Brc1ccc2c(c1)C1(c3cc(Br)ccc3-2)c2ccccc2N(c2ccc(-c3ccccc3)cc2)c2ccc(-c3ccccc3)cc21. The minimum atomic E-state index is -0.518. The summed E-state index contributed by atoms with van der Waals surface area (Å²) in [6.07, 6.45) is 0. The van der Waals surface area contributed by atoms with Crippen molar-refractivity contribution in [3.05, 3.63) is 195 Å². The van der Waals surface area contributed by atoms with Crippen LogP contribution in [0.4, 0.5) is 17.1 Å². The van der Waals surface area contributed by atoms with Crippen LogP contribution in [0.25, 0.3) is 33.4 Å². The maximum atomic E-state index is 3.86. The van der Waals surface area contributed by atoms with E-state index in [0.717, 1.165) is 14.6 Å². The molecule has 1 spiro atoms. The number of halogens is 2. The van der Waals surface area contributed by atoms with Gasteiger partial charge >= 0.3 is 0 Å². The van der Waals surface area contributed by atoms with Gasteiger partial charge in [-0.15, -0.1) is 0 Å². The molecule has 1 nitrogen and oxygen atoms in total. The van der Waals surface area contributed by atoms with E-state index in [9.17, 15) is 0 Å². The molecule has 0 atom stereocenters. The zero-order valence-electron chi connectivity index (χ0n) is 24.8. The molecule has 1 aliphatic carbocycles. The van der Waals surface area contributed by atoms with Crippen LogP contribution in [-0.2, 0) is 5.41 Å². The lowest BCUT2D eigenvalue weighted by molar-refractivity contribution is 0.752. The fourth-order valence-electron chi connectivity index (χ4n) is 7.66. The molecule has 0 bridgehead atoms. The van der Waals surface area contributed by atoms with Crippen LogP contribution in [0.3, 0.4) is 0 Å². The van der Waals surface area contributed by atoms with Gasteiger partial charge in [-0.2, -0.15) is 0 Å². The van der Waals surface area contributed by atoms with E-state index in [0.29, 0.717) is 0 Å². The predicted molar refractivity (Wildman–Crippen MR) is 198 cm³/mol. The zero-order valence-corrected chi connectivity index (χ0v) is 28.0. The molecule has 3 heteroatoms. The van der Waals surface area contributed by atoms with E-state index in [-0.39, 0.29) is 0 Å². The Bertz CT molecular complexity index is 2220. The topological polar surface area (TPSA) is 3.24 Å². The number of hydrogen-bond acceptors (Lipinski definition) is 1. The highest BCUT2D eigenvalue weighted by Crippen LogP contribution is 2.64. The molecule has 0 radical (unpaired) electrons. The average Bonchev–Trinajstić information content (AvgIpc) is 3.38. The van der Waals surface area contributed by atoms with Crippen LogP contribution in [0.1, 0.15) is 22.3 Å². The quantitative estimate of drug-likeness (QED) is 0.176. The van der Waals surface area contributed by atoms with Crippen molar-refractivity contribution in [2.45, 2.75) is 5.41 Å². The lowest BCUT2D eigenvalue weighted by atomic mass is 9.64. The molecule has 0 amide bonds. The highest BCUT2D eigenvalue weighted by atomic mass is 79.9. The number of fused-ring (bicyclic) bond motifs is 9. The van der Waals surface area contributed by atoms with Gasteiger partial charge in [-0.05, 0) is 110 Å². The van der Waals surface area contributed by atoms with Crippen molar-refractivity contribution in [1.29, 1.82) is 0 Å². The van der Waals surface area contributed by atoms with E-state index < -0.39 is 5.41 Å². The van der Waals surface area contributed by atoms with Crippen molar-refractivity contribution in [1.82, 2.24) is 0 Å². The van der Waals surface area contributed by atoms with Gasteiger partial charge in [0.15, 0.2) is 0 Å². The predicted octanol–water partition coefficient (Wildman–Crippen LogP) is 12.7. The summed E-state index contributed by atoms with van der Waals surface area (Å²) >= 11 is 7.72. The molecule has 1 heterocycles. The molecule has 7 aromatic carbocycles. The molecule has 46 heavy (non-hydrogen) atoms. The standard InChI is InChI=1S/C43H27Br2N/c44-32-18-22-35-36-23-19-33(45)27-39(36)43(38(35)26-32)37-13-7-8-14-41(37)46(34-20-15-30(16-21-34)28-9-3-1-4-10-28)42-24-17-31(25-40(42)43)29-11-5-2-6-12-29/h1-27H. The van der Waals surface area contributed by atoms with E-state index in [1.807, 2.05) is 0 Å². The van der Waals surface area contributed by atoms with Gasteiger partial charge in [0.25, 0.3) is 0 Å². The van der Waals surface area contributed by atoms with Crippen LogP contribution in [0.2, 0.25) is 0 Å². The minimum Gasteiger partial charge on any atom is -0.310 e. The lowest BCUT2D eigenvalue weighted by Crippen LogP contribution is -2.36. The highest BCUT2D eigenvalue weighted by molar-refractivity contribution is 9.10. The molecule has 7 aromatic rings. The maximum Gasteiger partial charge on any atom is 0.0755 e. The van der Waals surface area contributed by atoms with Gasteiger partial charge in [0, 0.05) is 14.6 Å². The van der Waals surface area contributed by atoms with Crippen molar-refractivity contribution in [2.24, 2.45) is 0 Å². The first-order valence-corrected chi connectivity index (χ1v) is 17.1. The van der Waals surface area contributed by atoms with Crippen LogP contribution in [0.5, 0.6) is 0 Å². The Labute approximate surface area is 286 Å². The fourth-order valence-corrected chi connectivity index (χ4v) is 8.38. The largest absolute Gasteiger partial charge is 0.310 e. The van der Waals surface area contributed by atoms with Crippen molar-refractivity contribution >= 4 is 48.9 Å². The second kappa shape index (κ2) is 10.7. The Hall–Kier alpha value is -4.70. The molecule has 0 fully saturated rings. The normalized spacial score (nSPS) is 13.6. The van der Waals surface area contributed by atoms with Gasteiger partial charge in [0.1, 0.15) is 0 Å². The summed E-state index contributed by atoms with van der Waals surface area (Å²) < 4.78 is 2.16. The summed E-state index contributed by atoms with van der Waals surface area (Å²) in [6.45, 7) is 0. The first-order chi connectivity index (χ1) is 22.6. The van der Waals surface area contributed by atoms with Gasteiger partial charge in [0.05, 0.1) is 16.8 Å². The first kappa shape index (κ1) is 27.6. The number of hydrogen-bond donors (Lipinski definition) is 0. The second-order valence-corrected chi connectivity index (χ2v) is 13.8. The Kier molecular flexibility index (Phi) is 6.41. The molecule has 0 saturated heterocycles. The smallest absolute Gasteiger partial charge is 0.0755 e. The van der Waals surface area contributed by atoms with Gasteiger partial charge < -0.3 is 4.90 Å². The molecule has 0 aromatic heterocycles. The molecule has 0 saturated carbocycles. The van der Waals surface area contributed by atoms with Crippen molar-refractivity contribution in [3.63, 3.8) is 0 Å². The number of benzene rings is 7. The first-order valence-electron chi connectivity index (χ1n) is 15.5. The van der Waals surface area contributed by atoms with Crippen molar-refractivity contribution < 1.29 is 0 Å².